The van der Waals surface area contributed by atoms with Crippen LogP contribution in [0.5, 0.6) is 5.75 Å². The smallest absolute Gasteiger partial charge is 0.191 e. The predicted octanol–water partition coefficient (Wildman–Crippen LogP) is 2.22. The fourth-order valence-electron chi connectivity index (χ4n) is 1.00. The molecule has 0 unspecified atom stereocenters. The van der Waals surface area contributed by atoms with Gasteiger partial charge in [-0.2, -0.15) is 0 Å². The van der Waals surface area contributed by atoms with Gasteiger partial charge in [-0.05, 0) is 20.8 Å². The molecule has 0 aliphatic heterocycles. The van der Waals surface area contributed by atoms with E-state index < -0.39 is 0 Å². The van der Waals surface area contributed by atoms with Gasteiger partial charge in [0, 0.05) is 0 Å². The molecule has 0 amide bonds. The van der Waals surface area contributed by atoms with Crippen molar-refractivity contribution >= 4 is 11.6 Å². The summed E-state index contributed by atoms with van der Waals surface area (Å²) in [6, 6.07) is 0.363. The Balaban J connectivity index is 3.21. The first-order valence-electron chi connectivity index (χ1n) is 3.92. The van der Waals surface area contributed by atoms with Crippen molar-refractivity contribution in [3.63, 3.8) is 0 Å². The number of halogens is 1. The van der Waals surface area contributed by atoms with Gasteiger partial charge < -0.3 is 5.11 Å². The lowest BCUT2D eigenvalue weighted by molar-refractivity contribution is -0.716. The summed E-state index contributed by atoms with van der Waals surface area (Å²) in [7, 11) is 0. The molecule has 0 bridgehead atoms. The molecule has 1 heterocycles. The maximum Gasteiger partial charge on any atom is 0.191 e. The molecule has 0 saturated heterocycles. The second-order valence-corrected chi connectivity index (χ2v) is 3.59. The number of aryl methyl sites for hydroxylation is 1. The van der Waals surface area contributed by atoms with Crippen molar-refractivity contribution in [2.45, 2.75) is 26.8 Å². The Hall–Kier alpha value is -0.760. The van der Waals surface area contributed by atoms with Crippen molar-refractivity contribution in [3.05, 3.63) is 23.0 Å². The maximum absolute atomic E-state index is 9.37. The molecule has 0 aliphatic carbocycles. The summed E-state index contributed by atoms with van der Waals surface area (Å²) in [5.41, 5.74) is 0.802. The molecule has 0 radical (unpaired) electrons. The van der Waals surface area contributed by atoms with E-state index in [4.69, 9.17) is 11.6 Å². The number of hydrogen-bond donors (Lipinski definition) is 1. The molecular weight excluding hydrogens is 174 g/mol. The fraction of sp³-hybridized carbons (Fsp3) is 0.444. The third-order valence-corrected chi connectivity index (χ3v) is 2.08. The van der Waals surface area contributed by atoms with Crippen molar-refractivity contribution in [3.8, 4) is 5.75 Å². The molecule has 0 aromatic carbocycles. The van der Waals surface area contributed by atoms with Crippen LogP contribution in [0.4, 0.5) is 0 Å². The van der Waals surface area contributed by atoms with E-state index >= 15 is 0 Å². The van der Waals surface area contributed by atoms with Crippen LogP contribution in [0.15, 0.2) is 12.4 Å². The lowest BCUT2D eigenvalue weighted by Crippen LogP contribution is -2.35. The van der Waals surface area contributed by atoms with E-state index in [0.717, 1.165) is 5.56 Å². The molecule has 1 aromatic heterocycles. The van der Waals surface area contributed by atoms with Crippen LogP contribution < -0.4 is 4.57 Å². The minimum absolute atomic E-state index is 0.175. The number of aromatic hydroxyl groups is 1. The zero-order valence-corrected chi connectivity index (χ0v) is 8.26. The van der Waals surface area contributed by atoms with Gasteiger partial charge in [0.1, 0.15) is 10.8 Å². The summed E-state index contributed by atoms with van der Waals surface area (Å²) in [5.74, 6) is 0.175. The molecule has 3 heteroatoms. The zero-order chi connectivity index (χ0) is 9.30. The molecular formula is C9H13ClNO+. The molecule has 0 fully saturated rings. The summed E-state index contributed by atoms with van der Waals surface area (Å²) in [6.07, 6.45) is 3.61. The molecule has 12 heavy (non-hydrogen) atoms. The van der Waals surface area contributed by atoms with Crippen molar-refractivity contribution in [2.24, 2.45) is 0 Å². The summed E-state index contributed by atoms with van der Waals surface area (Å²) in [4.78, 5) is 0. The Morgan fingerprint density at radius 2 is 2.00 bits per heavy atom. The quantitative estimate of drug-likeness (QED) is 0.669. The van der Waals surface area contributed by atoms with E-state index in [0.29, 0.717) is 11.1 Å². The Bertz CT molecular complexity index is 274. The highest BCUT2D eigenvalue weighted by Crippen LogP contribution is 2.24. The molecule has 2 nitrogen and oxygen atoms in total. The van der Waals surface area contributed by atoms with Gasteiger partial charge in [0.25, 0.3) is 0 Å². The van der Waals surface area contributed by atoms with E-state index in [1.807, 2.05) is 17.7 Å². The Morgan fingerprint density at radius 1 is 1.42 bits per heavy atom. The number of rotatable bonds is 1. The van der Waals surface area contributed by atoms with Gasteiger partial charge >= 0.3 is 0 Å². The second-order valence-electron chi connectivity index (χ2n) is 3.18. The number of pyridine rings is 1. The van der Waals surface area contributed by atoms with E-state index in [-0.39, 0.29) is 5.75 Å². The predicted molar refractivity (Wildman–Crippen MR) is 48.4 cm³/mol. The first-order valence-corrected chi connectivity index (χ1v) is 4.30. The monoisotopic (exact) mass is 186 g/mol. The molecule has 0 atom stereocenters. The summed E-state index contributed by atoms with van der Waals surface area (Å²) in [5, 5.41) is 9.77. The summed E-state index contributed by atoms with van der Waals surface area (Å²) in [6.45, 7) is 5.96. The van der Waals surface area contributed by atoms with E-state index in [9.17, 15) is 5.11 Å². The molecule has 66 valence electrons. The molecule has 0 saturated carbocycles. The standard InChI is InChI=1S/C9H12ClNO/c1-6(2)11-4-7(3)9(12)8(10)5-11/h4-6H,1-3H3/p+1. The number of nitrogens with zero attached hydrogens (tertiary/aromatic N) is 1. The minimum Gasteiger partial charge on any atom is -0.506 e. The molecule has 1 N–H and O–H groups in total. The largest absolute Gasteiger partial charge is 0.506 e. The second kappa shape index (κ2) is 3.31. The first kappa shape index (κ1) is 9.33. The van der Waals surface area contributed by atoms with Crippen molar-refractivity contribution in [1.29, 1.82) is 0 Å². The van der Waals surface area contributed by atoms with Gasteiger partial charge in [0.05, 0.1) is 5.56 Å². The Kier molecular flexibility index (Phi) is 2.58. The van der Waals surface area contributed by atoms with Crippen LogP contribution in [0.1, 0.15) is 25.5 Å². The lowest BCUT2D eigenvalue weighted by Gasteiger charge is -2.03. The topological polar surface area (TPSA) is 24.1 Å². The number of hydrogen-bond acceptors (Lipinski definition) is 1. The third kappa shape index (κ3) is 1.69. The normalized spacial score (nSPS) is 10.8. The molecule has 0 spiro atoms. The molecule has 1 rings (SSSR count). The highest BCUT2D eigenvalue weighted by molar-refractivity contribution is 6.31. The zero-order valence-electron chi connectivity index (χ0n) is 7.50. The third-order valence-electron chi connectivity index (χ3n) is 1.80. The average molecular weight is 187 g/mol. The van der Waals surface area contributed by atoms with Gasteiger partial charge in [0.2, 0.25) is 0 Å². The Labute approximate surface area is 77.4 Å². The lowest BCUT2D eigenvalue weighted by atomic mass is 10.2. The minimum atomic E-state index is 0.175. The van der Waals surface area contributed by atoms with Crippen LogP contribution in [-0.2, 0) is 0 Å². The highest BCUT2D eigenvalue weighted by Gasteiger charge is 2.12. The van der Waals surface area contributed by atoms with Crippen LogP contribution >= 0.6 is 11.6 Å². The van der Waals surface area contributed by atoms with Crippen molar-refractivity contribution < 1.29 is 9.67 Å². The molecule has 1 aromatic rings. The fourth-order valence-corrected chi connectivity index (χ4v) is 1.26. The average Bonchev–Trinajstić information content (AvgIpc) is 1.99. The SMILES string of the molecule is Cc1c[n+](C(C)C)cc(Cl)c1O. The van der Waals surface area contributed by atoms with E-state index in [2.05, 4.69) is 13.8 Å². The van der Waals surface area contributed by atoms with Crippen molar-refractivity contribution in [2.75, 3.05) is 0 Å². The summed E-state index contributed by atoms with van der Waals surface area (Å²) < 4.78 is 1.97. The Morgan fingerprint density at radius 3 is 2.42 bits per heavy atom. The maximum atomic E-state index is 9.37. The van der Waals surface area contributed by atoms with Gasteiger partial charge in [-0.25, -0.2) is 4.57 Å². The van der Waals surface area contributed by atoms with Crippen LogP contribution in [-0.4, -0.2) is 5.11 Å². The van der Waals surface area contributed by atoms with E-state index in [1.165, 1.54) is 0 Å². The van der Waals surface area contributed by atoms with Crippen LogP contribution in [0, 0.1) is 6.92 Å². The van der Waals surface area contributed by atoms with Gasteiger partial charge in [0.15, 0.2) is 18.4 Å². The summed E-state index contributed by atoms with van der Waals surface area (Å²) >= 11 is 5.79. The van der Waals surface area contributed by atoms with Crippen LogP contribution in [0.3, 0.4) is 0 Å². The van der Waals surface area contributed by atoms with Gasteiger partial charge in [-0.3, -0.25) is 0 Å². The van der Waals surface area contributed by atoms with Crippen molar-refractivity contribution in [1.82, 2.24) is 0 Å². The van der Waals surface area contributed by atoms with E-state index in [1.54, 1.807) is 6.20 Å². The van der Waals surface area contributed by atoms with Gasteiger partial charge in [-0.15, -0.1) is 0 Å². The first-order chi connectivity index (χ1) is 5.52. The molecule has 0 aliphatic rings. The number of aromatic nitrogens is 1. The highest BCUT2D eigenvalue weighted by atomic mass is 35.5. The van der Waals surface area contributed by atoms with Gasteiger partial charge in [-0.1, -0.05) is 11.6 Å². The van der Waals surface area contributed by atoms with Crippen LogP contribution in [0.2, 0.25) is 5.02 Å². The van der Waals surface area contributed by atoms with Crippen LogP contribution in [0.25, 0.3) is 0 Å².